The molecule has 0 atom stereocenters. The van der Waals surface area contributed by atoms with Crippen LogP contribution in [0, 0.1) is 6.92 Å². The van der Waals surface area contributed by atoms with Crippen LogP contribution < -0.4 is 10.5 Å². The molecule has 0 aliphatic carbocycles. The number of aromatic carboxylic acids is 1. The topological polar surface area (TPSA) is 139 Å². The van der Waals surface area contributed by atoms with Crippen LogP contribution in [0.4, 0.5) is 13.2 Å². The van der Waals surface area contributed by atoms with E-state index in [4.69, 9.17) is 32.0 Å². The molecule has 4 rings (SSSR count). The maximum Gasteiger partial charge on any atom is 0.490 e. The molecule has 0 unspecified atom stereocenters. The molecule has 38 heavy (non-hydrogen) atoms. The molecular weight excluding hydrogens is 527 g/mol. The van der Waals surface area contributed by atoms with Crippen molar-refractivity contribution in [2.75, 3.05) is 0 Å². The van der Waals surface area contributed by atoms with Crippen molar-refractivity contribution >= 4 is 34.6 Å². The van der Waals surface area contributed by atoms with Gasteiger partial charge in [-0.05, 0) is 61.7 Å². The fourth-order valence-corrected chi connectivity index (χ4v) is 3.64. The number of nitrogens with zero attached hydrogens (tertiary/aromatic N) is 1. The number of imidazole rings is 1. The van der Waals surface area contributed by atoms with Gasteiger partial charge in [0.2, 0.25) is 0 Å². The zero-order valence-corrected chi connectivity index (χ0v) is 21.1. The smallest absolute Gasteiger partial charge is 0.478 e. The number of fused-ring (bicyclic) bond motifs is 1. The summed E-state index contributed by atoms with van der Waals surface area (Å²) < 4.78 is 37.5. The van der Waals surface area contributed by atoms with Crippen LogP contribution in [-0.2, 0) is 10.3 Å². The minimum Gasteiger partial charge on any atom is -0.478 e. The van der Waals surface area contributed by atoms with Crippen molar-refractivity contribution < 1.29 is 37.7 Å². The Balaban J connectivity index is 0.000000505. The number of ether oxygens (including phenoxy) is 1. The average molecular weight is 550 g/mol. The Kier molecular flexibility index (Phi) is 8.03. The SMILES string of the molecule is Cc1ccc(Oc2nc3cc(-c4ccc(C(C)(C)N)cc4)c(Cl)cc3[nH]2)cc1C(=O)O.O=C(O)C(F)(F)F. The number of halogens is 4. The number of hydrogen-bond acceptors (Lipinski definition) is 5. The highest BCUT2D eigenvalue weighted by Crippen LogP contribution is 2.34. The van der Waals surface area contributed by atoms with E-state index in [0.717, 1.165) is 16.7 Å². The van der Waals surface area contributed by atoms with E-state index in [1.807, 2.05) is 44.2 Å². The summed E-state index contributed by atoms with van der Waals surface area (Å²) in [6.45, 7) is 5.65. The van der Waals surface area contributed by atoms with Gasteiger partial charge >= 0.3 is 18.1 Å². The number of aromatic nitrogens is 2. The Morgan fingerprint density at radius 1 is 1.03 bits per heavy atom. The summed E-state index contributed by atoms with van der Waals surface area (Å²) in [6.07, 6.45) is -5.08. The van der Waals surface area contributed by atoms with Crippen molar-refractivity contribution in [2.45, 2.75) is 32.5 Å². The number of aromatic amines is 1. The number of hydrogen-bond donors (Lipinski definition) is 4. The average Bonchev–Trinajstić information content (AvgIpc) is 3.19. The molecule has 4 aromatic rings. The molecule has 12 heteroatoms. The minimum absolute atomic E-state index is 0.183. The molecular formula is C26H23ClF3N3O5. The number of rotatable bonds is 5. The van der Waals surface area contributed by atoms with Crippen molar-refractivity contribution in [3.05, 3.63) is 76.3 Å². The van der Waals surface area contributed by atoms with E-state index in [1.54, 1.807) is 25.1 Å². The van der Waals surface area contributed by atoms with E-state index in [2.05, 4.69) is 9.97 Å². The van der Waals surface area contributed by atoms with E-state index in [1.165, 1.54) is 6.07 Å². The van der Waals surface area contributed by atoms with Crippen molar-refractivity contribution in [3.63, 3.8) is 0 Å². The van der Waals surface area contributed by atoms with Gasteiger partial charge in [-0.3, -0.25) is 0 Å². The van der Waals surface area contributed by atoms with E-state index in [9.17, 15) is 23.1 Å². The molecule has 0 fully saturated rings. The summed E-state index contributed by atoms with van der Waals surface area (Å²) in [5, 5.41) is 17.0. The Labute approximate surface area is 219 Å². The van der Waals surface area contributed by atoms with Gasteiger partial charge in [0.25, 0.3) is 6.01 Å². The van der Waals surface area contributed by atoms with Crippen LogP contribution in [0.1, 0.15) is 35.3 Å². The van der Waals surface area contributed by atoms with Gasteiger partial charge in [0.1, 0.15) is 5.75 Å². The fraction of sp³-hybridized carbons (Fsp3) is 0.192. The third-order valence-electron chi connectivity index (χ3n) is 5.39. The van der Waals surface area contributed by atoms with Gasteiger partial charge in [-0.2, -0.15) is 18.2 Å². The molecule has 0 spiro atoms. The van der Waals surface area contributed by atoms with Crippen molar-refractivity contribution in [1.82, 2.24) is 9.97 Å². The van der Waals surface area contributed by atoms with Crippen LogP contribution in [0.25, 0.3) is 22.2 Å². The first kappa shape index (κ1) is 28.5. The zero-order valence-electron chi connectivity index (χ0n) is 20.4. The van der Waals surface area contributed by atoms with E-state index >= 15 is 0 Å². The number of carbonyl (C=O) groups is 2. The Morgan fingerprint density at radius 2 is 1.63 bits per heavy atom. The van der Waals surface area contributed by atoms with E-state index in [0.29, 0.717) is 27.4 Å². The van der Waals surface area contributed by atoms with Crippen LogP contribution in [0.3, 0.4) is 0 Å². The number of carboxylic acids is 2. The van der Waals surface area contributed by atoms with Crippen LogP contribution in [0.5, 0.6) is 11.8 Å². The van der Waals surface area contributed by atoms with E-state index < -0.39 is 23.7 Å². The number of aliphatic carboxylic acids is 1. The maximum absolute atomic E-state index is 11.4. The predicted octanol–water partition coefficient (Wildman–Crippen LogP) is 6.51. The second-order valence-corrected chi connectivity index (χ2v) is 9.28. The molecule has 200 valence electrons. The Hall–Kier alpha value is -4.09. The number of alkyl halides is 3. The molecule has 3 aromatic carbocycles. The van der Waals surface area contributed by atoms with Crippen molar-refractivity contribution in [1.29, 1.82) is 0 Å². The third kappa shape index (κ3) is 6.81. The normalized spacial score (nSPS) is 11.6. The molecule has 0 bridgehead atoms. The molecule has 0 saturated heterocycles. The van der Waals surface area contributed by atoms with Crippen LogP contribution in [0.15, 0.2) is 54.6 Å². The first-order valence-electron chi connectivity index (χ1n) is 11.0. The lowest BCUT2D eigenvalue weighted by atomic mass is 9.93. The van der Waals surface area contributed by atoms with Crippen LogP contribution >= 0.6 is 11.6 Å². The molecule has 0 saturated carbocycles. The van der Waals surface area contributed by atoms with Gasteiger partial charge < -0.3 is 25.7 Å². The highest BCUT2D eigenvalue weighted by molar-refractivity contribution is 6.34. The molecule has 0 amide bonds. The quantitative estimate of drug-likeness (QED) is 0.222. The van der Waals surface area contributed by atoms with Gasteiger partial charge in [0.05, 0.1) is 21.6 Å². The van der Waals surface area contributed by atoms with Gasteiger partial charge in [0, 0.05) is 11.1 Å². The Bertz CT molecular complexity index is 1490. The van der Waals surface area contributed by atoms with Gasteiger partial charge in [0.15, 0.2) is 0 Å². The molecule has 0 aliphatic heterocycles. The molecule has 0 radical (unpaired) electrons. The number of benzene rings is 3. The highest BCUT2D eigenvalue weighted by Gasteiger charge is 2.38. The second kappa shape index (κ2) is 10.7. The molecule has 5 N–H and O–H groups in total. The summed E-state index contributed by atoms with van der Waals surface area (Å²) in [5.74, 6) is -3.38. The number of carboxylic acid groups (broad SMARTS) is 2. The standard InChI is InChI=1S/C24H22ClN3O3.C2HF3O2/c1-13-4-9-16(10-17(13)22(29)30)31-23-27-20-11-18(19(25)12-21(20)28-23)14-5-7-15(8-6-14)24(2,3)26;3-2(4,5)1(6)7/h4-12H,26H2,1-3H3,(H,27,28)(H,29,30);(H,6,7). The summed E-state index contributed by atoms with van der Waals surface area (Å²) >= 11 is 6.53. The highest BCUT2D eigenvalue weighted by atomic mass is 35.5. The zero-order chi connectivity index (χ0) is 28.4. The van der Waals surface area contributed by atoms with Gasteiger partial charge in [-0.1, -0.05) is 41.9 Å². The lowest BCUT2D eigenvalue weighted by Crippen LogP contribution is -2.28. The lowest BCUT2D eigenvalue weighted by Gasteiger charge is -2.19. The first-order chi connectivity index (χ1) is 17.6. The van der Waals surface area contributed by atoms with Gasteiger partial charge in [-0.15, -0.1) is 0 Å². The molecule has 8 nitrogen and oxygen atoms in total. The van der Waals surface area contributed by atoms with E-state index in [-0.39, 0.29) is 11.6 Å². The van der Waals surface area contributed by atoms with Crippen molar-refractivity contribution in [2.24, 2.45) is 5.73 Å². The molecule has 0 aliphatic rings. The fourth-order valence-electron chi connectivity index (χ4n) is 3.36. The molecule has 1 aromatic heterocycles. The van der Waals surface area contributed by atoms with Crippen LogP contribution in [0.2, 0.25) is 5.02 Å². The minimum atomic E-state index is -5.08. The first-order valence-corrected chi connectivity index (χ1v) is 11.3. The largest absolute Gasteiger partial charge is 0.490 e. The number of nitrogens with one attached hydrogen (secondary N) is 1. The number of nitrogens with two attached hydrogens (primary N) is 1. The van der Waals surface area contributed by atoms with Crippen LogP contribution in [-0.4, -0.2) is 38.3 Å². The number of H-pyrrole nitrogens is 1. The summed E-state index contributed by atoms with van der Waals surface area (Å²) in [7, 11) is 0. The lowest BCUT2D eigenvalue weighted by molar-refractivity contribution is -0.192. The monoisotopic (exact) mass is 549 g/mol. The Morgan fingerprint density at radius 3 is 2.16 bits per heavy atom. The summed E-state index contributed by atoms with van der Waals surface area (Å²) in [6, 6.07) is 16.8. The number of aryl methyl sites for hydroxylation is 1. The van der Waals surface area contributed by atoms with Crippen molar-refractivity contribution in [3.8, 4) is 22.9 Å². The van der Waals surface area contributed by atoms with Gasteiger partial charge in [-0.25, -0.2) is 9.59 Å². The molecule has 1 heterocycles. The third-order valence-corrected chi connectivity index (χ3v) is 5.70. The summed E-state index contributed by atoms with van der Waals surface area (Å²) in [5.41, 5.74) is 10.8. The maximum atomic E-state index is 11.4. The second-order valence-electron chi connectivity index (χ2n) is 8.88. The summed E-state index contributed by atoms with van der Waals surface area (Å²) in [4.78, 5) is 27.8. The predicted molar refractivity (Wildman–Crippen MR) is 136 cm³/mol.